The van der Waals surface area contributed by atoms with Crippen LogP contribution in [0.1, 0.15) is 11.3 Å². The SMILES string of the molecule is O=C(COc1ccc(Cl)cc1)N/N=C(/c1ccccc1)c1ccccn1. The minimum atomic E-state index is -0.371. The van der Waals surface area contributed by atoms with Crippen molar-refractivity contribution in [2.24, 2.45) is 5.10 Å². The number of hydrogen-bond donors (Lipinski definition) is 1. The summed E-state index contributed by atoms with van der Waals surface area (Å²) in [5, 5.41) is 4.85. The van der Waals surface area contributed by atoms with Crippen molar-refractivity contribution >= 4 is 23.2 Å². The summed E-state index contributed by atoms with van der Waals surface area (Å²) >= 11 is 5.82. The average molecular weight is 366 g/mol. The molecule has 26 heavy (non-hydrogen) atoms. The second kappa shape index (κ2) is 8.78. The number of hydrogen-bond acceptors (Lipinski definition) is 4. The number of halogens is 1. The molecule has 3 aromatic rings. The lowest BCUT2D eigenvalue weighted by Crippen LogP contribution is -2.26. The molecule has 0 atom stereocenters. The van der Waals surface area contributed by atoms with Crippen LogP contribution in [0, 0.1) is 0 Å². The van der Waals surface area contributed by atoms with Gasteiger partial charge in [0.2, 0.25) is 0 Å². The van der Waals surface area contributed by atoms with Crippen molar-refractivity contribution in [1.29, 1.82) is 0 Å². The number of nitrogens with zero attached hydrogens (tertiary/aromatic N) is 2. The molecule has 0 aliphatic rings. The van der Waals surface area contributed by atoms with Gasteiger partial charge >= 0.3 is 0 Å². The zero-order chi connectivity index (χ0) is 18.2. The Kier molecular flexibility index (Phi) is 5.96. The van der Waals surface area contributed by atoms with Crippen LogP contribution in [-0.2, 0) is 4.79 Å². The first kappa shape index (κ1) is 17.6. The number of carbonyl (C=O) groups excluding carboxylic acids is 1. The van der Waals surface area contributed by atoms with E-state index in [4.69, 9.17) is 16.3 Å². The largest absolute Gasteiger partial charge is 0.484 e. The maximum Gasteiger partial charge on any atom is 0.277 e. The van der Waals surface area contributed by atoms with Gasteiger partial charge in [0.25, 0.3) is 5.91 Å². The minimum Gasteiger partial charge on any atom is -0.484 e. The molecule has 6 heteroatoms. The highest BCUT2D eigenvalue weighted by Crippen LogP contribution is 2.15. The molecule has 0 aliphatic heterocycles. The average Bonchev–Trinajstić information content (AvgIpc) is 2.69. The summed E-state index contributed by atoms with van der Waals surface area (Å²) in [5.41, 5.74) is 4.61. The molecule has 2 aromatic carbocycles. The Bertz CT molecular complexity index is 840. The molecule has 5 nitrogen and oxygen atoms in total. The van der Waals surface area contributed by atoms with Crippen molar-refractivity contribution in [2.45, 2.75) is 0 Å². The predicted molar refractivity (Wildman–Crippen MR) is 101 cm³/mol. The molecule has 1 N–H and O–H groups in total. The molecule has 0 unspecified atom stereocenters. The summed E-state index contributed by atoms with van der Waals surface area (Å²) in [4.78, 5) is 16.4. The van der Waals surface area contributed by atoms with Gasteiger partial charge in [-0.15, -0.1) is 0 Å². The third-order valence-corrected chi connectivity index (χ3v) is 3.68. The highest BCUT2D eigenvalue weighted by atomic mass is 35.5. The molecule has 0 aliphatic carbocycles. The number of rotatable bonds is 6. The van der Waals surface area contributed by atoms with Crippen molar-refractivity contribution in [3.05, 3.63) is 95.3 Å². The van der Waals surface area contributed by atoms with E-state index in [9.17, 15) is 4.79 Å². The predicted octanol–water partition coefficient (Wildman–Crippen LogP) is 3.68. The van der Waals surface area contributed by atoms with Gasteiger partial charge in [-0.2, -0.15) is 5.10 Å². The van der Waals surface area contributed by atoms with Gasteiger partial charge in [0.15, 0.2) is 6.61 Å². The van der Waals surface area contributed by atoms with Crippen LogP contribution in [0.4, 0.5) is 0 Å². The normalized spacial score (nSPS) is 11.0. The summed E-state index contributed by atoms with van der Waals surface area (Å²) in [6.45, 7) is -0.157. The summed E-state index contributed by atoms with van der Waals surface area (Å²) in [5.74, 6) is 0.186. The van der Waals surface area contributed by atoms with E-state index in [-0.39, 0.29) is 12.5 Å². The third kappa shape index (κ3) is 4.91. The van der Waals surface area contributed by atoms with E-state index < -0.39 is 0 Å². The standard InChI is InChI=1S/C20H16ClN3O2/c21-16-9-11-17(12-10-16)26-14-19(25)23-24-20(15-6-2-1-3-7-15)18-8-4-5-13-22-18/h1-13H,14H2,(H,23,25)/b24-20-. The van der Waals surface area contributed by atoms with Crippen molar-refractivity contribution in [1.82, 2.24) is 10.4 Å². The van der Waals surface area contributed by atoms with Crippen LogP contribution in [0.2, 0.25) is 5.02 Å². The Morgan fingerprint density at radius 2 is 1.73 bits per heavy atom. The number of ether oxygens (including phenoxy) is 1. The topological polar surface area (TPSA) is 63.6 Å². The van der Waals surface area contributed by atoms with Crippen molar-refractivity contribution in [3.63, 3.8) is 0 Å². The smallest absolute Gasteiger partial charge is 0.277 e. The number of carbonyl (C=O) groups is 1. The molecule has 0 bridgehead atoms. The van der Waals surface area contributed by atoms with E-state index in [0.717, 1.165) is 5.56 Å². The molecule has 3 rings (SSSR count). The van der Waals surface area contributed by atoms with E-state index in [1.807, 2.05) is 48.5 Å². The molecule has 0 saturated heterocycles. The lowest BCUT2D eigenvalue weighted by Gasteiger charge is -2.08. The maximum atomic E-state index is 12.1. The van der Waals surface area contributed by atoms with Crippen LogP contribution in [0.15, 0.2) is 84.1 Å². The van der Waals surface area contributed by atoms with Crippen LogP contribution in [0.5, 0.6) is 5.75 Å². The molecule has 0 radical (unpaired) electrons. The molecule has 0 saturated carbocycles. The van der Waals surface area contributed by atoms with Crippen LogP contribution < -0.4 is 10.2 Å². The number of aromatic nitrogens is 1. The first-order valence-electron chi connectivity index (χ1n) is 7.94. The van der Waals surface area contributed by atoms with E-state index >= 15 is 0 Å². The van der Waals surface area contributed by atoms with E-state index in [1.54, 1.807) is 30.5 Å². The fourth-order valence-electron chi connectivity index (χ4n) is 2.20. The van der Waals surface area contributed by atoms with Crippen LogP contribution in [-0.4, -0.2) is 23.2 Å². The fraction of sp³-hybridized carbons (Fsp3) is 0.0500. The Labute approximate surface area is 156 Å². The van der Waals surface area contributed by atoms with E-state index in [0.29, 0.717) is 22.2 Å². The van der Waals surface area contributed by atoms with Gasteiger partial charge in [-0.3, -0.25) is 9.78 Å². The summed E-state index contributed by atoms with van der Waals surface area (Å²) in [6, 6.07) is 21.8. The van der Waals surface area contributed by atoms with Gasteiger partial charge in [0.1, 0.15) is 11.5 Å². The Morgan fingerprint density at radius 1 is 1.00 bits per heavy atom. The summed E-state index contributed by atoms with van der Waals surface area (Å²) in [6.07, 6.45) is 1.68. The second-order valence-electron chi connectivity index (χ2n) is 5.32. The Balaban J connectivity index is 1.70. The van der Waals surface area contributed by atoms with Gasteiger partial charge in [0, 0.05) is 16.8 Å². The highest BCUT2D eigenvalue weighted by molar-refractivity contribution is 6.30. The number of pyridine rings is 1. The van der Waals surface area contributed by atoms with Crippen molar-refractivity contribution in [3.8, 4) is 5.75 Å². The van der Waals surface area contributed by atoms with Gasteiger partial charge in [-0.1, -0.05) is 48.0 Å². The van der Waals surface area contributed by atoms with Gasteiger partial charge in [-0.25, -0.2) is 5.43 Å². The van der Waals surface area contributed by atoms with Gasteiger partial charge in [-0.05, 0) is 36.4 Å². The zero-order valence-electron chi connectivity index (χ0n) is 13.8. The molecule has 130 valence electrons. The summed E-state index contributed by atoms with van der Waals surface area (Å²) < 4.78 is 5.41. The zero-order valence-corrected chi connectivity index (χ0v) is 14.6. The molecular weight excluding hydrogens is 350 g/mol. The van der Waals surface area contributed by atoms with E-state index in [2.05, 4.69) is 15.5 Å². The van der Waals surface area contributed by atoms with Crippen LogP contribution in [0.25, 0.3) is 0 Å². The van der Waals surface area contributed by atoms with Gasteiger partial charge < -0.3 is 4.74 Å². The quantitative estimate of drug-likeness (QED) is 0.535. The third-order valence-electron chi connectivity index (χ3n) is 3.43. The number of amides is 1. The monoisotopic (exact) mass is 365 g/mol. The molecule has 0 spiro atoms. The Morgan fingerprint density at radius 3 is 2.42 bits per heavy atom. The molecule has 0 fully saturated rings. The second-order valence-corrected chi connectivity index (χ2v) is 5.76. The molecule has 1 amide bonds. The fourth-order valence-corrected chi connectivity index (χ4v) is 2.32. The minimum absolute atomic E-state index is 0.157. The molecule has 1 aromatic heterocycles. The first-order valence-corrected chi connectivity index (χ1v) is 8.32. The lowest BCUT2D eigenvalue weighted by molar-refractivity contribution is -0.123. The molecular formula is C20H16ClN3O2. The highest BCUT2D eigenvalue weighted by Gasteiger charge is 2.09. The van der Waals surface area contributed by atoms with Crippen molar-refractivity contribution < 1.29 is 9.53 Å². The first-order chi connectivity index (χ1) is 12.7. The number of nitrogens with one attached hydrogen (secondary N) is 1. The lowest BCUT2D eigenvalue weighted by atomic mass is 10.1. The number of benzene rings is 2. The van der Waals surface area contributed by atoms with Gasteiger partial charge in [0.05, 0.1) is 5.69 Å². The van der Waals surface area contributed by atoms with Crippen LogP contribution >= 0.6 is 11.6 Å². The van der Waals surface area contributed by atoms with Crippen LogP contribution in [0.3, 0.4) is 0 Å². The summed E-state index contributed by atoms with van der Waals surface area (Å²) in [7, 11) is 0. The Hall–Kier alpha value is -3.18. The van der Waals surface area contributed by atoms with E-state index in [1.165, 1.54) is 0 Å². The number of hydrazone groups is 1. The van der Waals surface area contributed by atoms with Crippen molar-refractivity contribution in [2.75, 3.05) is 6.61 Å². The maximum absolute atomic E-state index is 12.1. The molecule has 1 heterocycles.